The van der Waals surface area contributed by atoms with Crippen LogP contribution in [0.25, 0.3) is 0 Å². The summed E-state index contributed by atoms with van der Waals surface area (Å²) in [5.41, 5.74) is -0.124. The van der Waals surface area contributed by atoms with Crippen LogP contribution < -0.4 is 15.9 Å². The van der Waals surface area contributed by atoms with Crippen LogP contribution in [0.3, 0.4) is 0 Å². The van der Waals surface area contributed by atoms with Crippen molar-refractivity contribution in [2.45, 2.75) is 34.1 Å². The third kappa shape index (κ3) is 4.23. The maximum absolute atomic E-state index is 15.5. The van der Waals surface area contributed by atoms with Crippen LogP contribution in [0.4, 0.5) is 17.6 Å². The molecular formula is C28H24F4P. The van der Waals surface area contributed by atoms with Gasteiger partial charge in [-0.1, -0.05) is 88.4 Å². The molecule has 1 fully saturated rings. The van der Waals surface area contributed by atoms with E-state index >= 15 is 8.78 Å². The van der Waals surface area contributed by atoms with E-state index in [9.17, 15) is 8.78 Å². The second-order valence-electron chi connectivity index (χ2n) is 8.24. The molecule has 0 atom stereocenters. The monoisotopic (exact) mass is 467 g/mol. The van der Waals surface area contributed by atoms with E-state index < -0.39 is 31.2 Å². The Morgan fingerprint density at radius 2 is 0.970 bits per heavy atom. The van der Waals surface area contributed by atoms with E-state index in [2.05, 4.69) is 0 Å². The van der Waals surface area contributed by atoms with Crippen molar-refractivity contribution >= 4 is 23.8 Å². The minimum absolute atomic E-state index is 0.0138. The SMILES string of the molecule is C[C]1[C](C)[C](C)[C](Cc2c(F)c(F)c(F)c(F)c2P(c2ccccc2)c2ccccc2)[C]1C. The number of benzene rings is 3. The van der Waals surface area contributed by atoms with Gasteiger partial charge in [0.25, 0.3) is 0 Å². The first-order chi connectivity index (χ1) is 15.7. The van der Waals surface area contributed by atoms with E-state index in [0.717, 1.165) is 40.2 Å². The van der Waals surface area contributed by atoms with Gasteiger partial charge in [0.2, 0.25) is 0 Å². The lowest BCUT2D eigenvalue weighted by Gasteiger charge is -2.27. The van der Waals surface area contributed by atoms with Gasteiger partial charge in [-0.3, -0.25) is 0 Å². The van der Waals surface area contributed by atoms with Gasteiger partial charge in [0, 0.05) is 10.9 Å². The maximum Gasteiger partial charge on any atom is 0.198 e. The molecule has 0 spiro atoms. The number of hydrogen-bond acceptors (Lipinski definition) is 0. The van der Waals surface area contributed by atoms with Gasteiger partial charge in [-0.25, -0.2) is 17.6 Å². The average molecular weight is 467 g/mol. The molecule has 0 aromatic heterocycles. The number of rotatable bonds is 5. The summed E-state index contributed by atoms with van der Waals surface area (Å²) in [6.45, 7) is 7.81. The summed E-state index contributed by atoms with van der Waals surface area (Å²) in [5, 5.41) is 1.36. The fourth-order valence-electron chi connectivity index (χ4n) is 4.36. The van der Waals surface area contributed by atoms with E-state index in [1.54, 1.807) is 24.3 Å². The molecule has 4 rings (SSSR count). The smallest absolute Gasteiger partial charge is 0.198 e. The quantitative estimate of drug-likeness (QED) is 0.174. The van der Waals surface area contributed by atoms with Crippen LogP contribution in [-0.4, -0.2) is 0 Å². The Balaban J connectivity index is 1.95. The summed E-state index contributed by atoms with van der Waals surface area (Å²) in [7, 11) is -1.67. The Bertz CT molecular complexity index is 1060. The minimum Gasteiger partial charge on any atom is -0.203 e. The van der Waals surface area contributed by atoms with Crippen molar-refractivity contribution < 1.29 is 17.6 Å². The van der Waals surface area contributed by atoms with Crippen molar-refractivity contribution in [2.24, 2.45) is 0 Å². The first-order valence-corrected chi connectivity index (χ1v) is 12.0. The molecule has 5 radical (unpaired) electrons. The molecule has 1 aliphatic carbocycles. The molecule has 3 aromatic rings. The summed E-state index contributed by atoms with van der Waals surface area (Å²) in [5.74, 6) is -1.29. The van der Waals surface area contributed by atoms with Gasteiger partial charge < -0.3 is 0 Å². The predicted octanol–water partition coefficient (Wildman–Crippen LogP) is 6.51. The van der Waals surface area contributed by atoms with Crippen LogP contribution in [0.1, 0.15) is 33.3 Å². The molecular weight excluding hydrogens is 443 g/mol. The minimum atomic E-state index is -1.77. The Hall–Kier alpha value is -2.19. The van der Waals surface area contributed by atoms with Crippen molar-refractivity contribution in [3.63, 3.8) is 0 Å². The lowest BCUT2D eigenvalue weighted by atomic mass is 9.84. The third-order valence-electron chi connectivity index (χ3n) is 6.54. The highest BCUT2D eigenvalue weighted by atomic mass is 31.1. The van der Waals surface area contributed by atoms with E-state index in [4.69, 9.17) is 0 Å². The van der Waals surface area contributed by atoms with Gasteiger partial charge in [0.05, 0.1) is 0 Å². The topological polar surface area (TPSA) is 0 Å². The van der Waals surface area contributed by atoms with E-state index in [1.165, 1.54) is 0 Å². The van der Waals surface area contributed by atoms with Gasteiger partial charge in [-0.15, -0.1) is 0 Å². The molecule has 0 heterocycles. The lowest BCUT2D eigenvalue weighted by molar-refractivity contribution is 0.408. The van der Waals surface area contributed by atoms with Crippen LogP contribution in [0.2, 0.25) is 0 Å². The van der Waals surface area contributed by atoms with E-state index in [1.807, 2.05) is 64.1 Å². The van der Waals surface area contributed by atoms with Gasteiger partial charge in [0.1, 0.15) is 0 Å². The number of hydrogen-bond donors (Lipinski definition) is 0. The molecule has 169 valence electrons. The number of halogens is 4. The first kappa shape index (κ1) is 24.0. The highest BCUT2D eigenvalue weighted by Crippen LogP contribution is 2.53. The van der Waals surface area contributed by atoms with Crippen molar-refractivity contribution in [1.82, 2.24) is 0 Å². The zero-order valence-corrected chi connectivity index (χ0v) is 19.8. The molecule has 0 aliphatic heterocycles. The Kier molecular flexibility index (Phi) is 6.96. The van der Waals surface area contributed by atoms with Crippen molar-refractivity contribution in [3.8, 4) is 0 Å². The van der Waals surface area contributed by atoms with Crippen LogP contribution in [0.15, 0.2) is 60.7 Å². The molecule has 0 nitrogen and oxygen atoms in total. The fourth-order valence-corrected chi connectivity index (χ4v) is 6.86. The Labute approximate surface area is 194 Å². The molecule has 5 heteroatoms. The average Bonchev–Trinajstić information content (AvgIpc) is 3.02. The van der Waals surface area contributed by atoms with Crippen molar-refractivity contribution in [3.05, 3.63) is 119 Å². The summed E-state index contributed by atoms with van der Waals surface area (Å²) in [6, 6.07) is 18.1. The Morgan fingerprint density at radius 3 is 1.42 bits per heavy atom. The largest absolute Gasteiger partial charge is 0.203 e. The molecule has 3 aromatic carbocycles. The van der Waals surface area contributed by atoms with Crippen molar-refractivity contribution in [2.75, 3.05) is 0 Å². The second kappa shape index (κ2) is 9.58. The molecule has 0 bridgehead atoms. The Morgan fingerprint density at radius 1 is 0.545 bits per heavy atom. The van der Waals surface area contributed by atoms with Crippen LogP contribution in [-0.2, 0) is 6.42 Å². The zero-order valence-electron chi connectivity index (χ0n) is 18.9. The summed E-state index contributed by atoms with van der Waals surface area (Å²) < 4.78 is 60.0. The second-order valence-corrected chi connectivity index (χ2v) is 10.4. The molecule has 0 saturated heterocycles. The fraction of sp³-hybridized carbons (Fsp3) is 0.179. The first-order valence-electron chi connectivity index (χ1n) is 10.7. The van der Waals surface area contributed by atoms with Gasteiger partial charge >= 0.3 is 0 Å². The molecule has 1 saturated carbocycles. The lowest BCUT2D eigenvalue weighted by Crippen LogP contribution is -2.30. The van der Waals surface area contributed by atoms with Crippen LogP contribution in [0, 0.1) is 52.9 Å². The van der Waals surface area contributed by atoms with Gasteiger partial charge in [0.15, 0.2) is 23.3 Å². The molecule has 0 amide bonds. The van der Waals surface area contributed by atoms with Crippen LogP contribution >= 0.6 is 7.92 Å². The normalized spacial score (nSPS) is 16.9. The summed E-state index contributed by atoms with van der Waals surface area (Å²) in [6.07, 6.45) is -0.0138. The highest BCUT2D eigenvalue weighted by molar-refractivity contribution is 7.79. The predicted molar refractivity (Wildman–Crippen MR) is 128 cm³/mol. The highest BCUT2D eigenvalue weighted by Gasteiger charge is 2.45. The van der Waals surface area contributed by atoms with Crippen LogP contribution in [0.5, 0.6) is 0 Å². The van der Waals surface area contributed by atoms with E-state index in [0.29, 0.717) is 0 Å². The van der Waals surface area contributed by atoms with E-state index in [-0.39, 0.29) is 17.3 Å². The summed E-state index contributed by atoms with van der Waals surface area (Å²) >= 11 is 0. The van der Waals surface area contributed by atoms with Gasteiger partial charge in [-0.2, -0.15) is 0 Å². The molecule has 0 unspecified atom stereocenters. The zero-order chi connectivity index (χ0) is 23.9. The third-order valence-corrected chi connectivity index (χ3v) is 9.08. The van der Waals surface area contributed by atoms with Crippen molar-refractivity contribution in [1.29, 1.82) is 0 Å². The molecule has 0 N–H and O–H groups in total. The van der Waals surface area contributed by atoms with Gasteiger partial charge in [-0.05, 0) is 54.5 Å². The maximum atomic E-state index is 15.5. The molecule has 33 heavy (non-hydrogen) atoms. The molecule has 1 aliphatic rings. The summed E-state index contributed by atoms with van der Waals surface area (Å²) in [4.78, 5) is 0. The standard InChI is InChI=1S/C28H24F4P/c1-16-17(2)19(4)22(18(16)3)15-23-24(29)25(30)26(31)27(32)28(23)33(20-11-7-5-8-12-20)21-13-9-6-10-14-21/h5-14H,15H2,1-4H3.